The number of para-hydroxylation sites is 1. The minimum absolute atomic E-state index is 0.103. The zero-order chi connectivity index (χ0) is 19.9. The van der Waals surface area contributed by atoms with Gasteiger partial charge in [0.25, 0.3) is 5.91 Å². The van der Waals surface area contributed by atoms with Crippen molar-refractivity contribution < 1.29 is 19.0 Å². The number of ether oxygens (including phenoxy) is 1. The maximum absolute atomic E-state index is 12.7. The first-order chi connectivity index (χ1) is 13.6. The van der Waals surface area contributed by atoms with Crippen LogP contribution in [0.4, 0.5) is 5.69 Å². The SMILES string of the molecule is CCOC(=O)c1cccc(C#N)c1NC(=O)C[n+]1cccn1C1CCCCC1. The van der Waals surface area contributed by atoms with Crippen molar-refractivity contribution in [3.63, 3.8) is 0 Å². The highest BCUT2D eigenvalue weighted by Gasteiger charge is 2.24. The second kappa shape index (κ2) is 9.18. The maximum Gasteiger partial charge on any atom is 0.340 e. The normalized spacial score (nSPS) is 14.3. The van der Waals surface area contributed by atoms with E-state index in [1.807, 2.05) is 29.2 Å². The van der Waals surface area contributed by atoms with Gasteiger partial charge in [-0.05, 0) is 31.9 Å². The predicted molar refractivity (Wildman–Crippen MR) is 102 cm³/mol. The first-order valence-electron chi connectivity index (χ1n) is 9.70. The van der Waals surface area contributed by atoms with Crippen molar-refractivity contribution in [2.45, 2.75) is 51.6 Å². The molecule has 7 heteroatoms. The summed E-state index contributed by atoms with van der Waals surface area (Å²) >= 11 is 0. The molecule has 1 saturated carbocycles. The third-order valence-electron chi connectivity index (χ3n) is 4.99. The molecule has 1 aliphatic carbocycles. The van der Waals surface area contributed by atoms with E-state index in [0.717, 1.165) is 12.8 Å². The van der Waals surface area contributed by atoms with Gasteiger partial charge >= 0.3 is 5.97 Å². The van der Waals surface area contributed by atoms with E-state index < -0.39 is 5.97 Å². The number of nitrogens with zero attached hydrogens (tertiary/aromatic N) is 3. The Morgan fingerprint density at radius 1 is 1.29 bits per heavy atom. The molecule has 1 aliphatic rings. The van der Waals surface area contributed by atoms with Gasteiger partial charge in [0.05, 0.1) is 35.7 Å². The second-order valence-electron chi connectivity index (χ2n) is 6.87. The lowest BCUT2D eigenvalue weighted by Crippen LogP contribution is -2.48. The Labute approximate surface area is 164 Å². The van der Waals surface area contributed by atoms with E-state index in [9.17, 15) is 14.9 Å². The van der Waals surface area contributed by atoms with Gasteiger partial charge in [-0.2, -0.15) is 9.94 Å². The topological polar surface area (TPSA) is 88.0 Å². The lowest BCUT2D eigenvalue weighted by molar-refractivity contribution is -0.767. The number of rotatable bonds is 6. The van der Waals surface area contributed by atoms with Crippen molar-refractivity contribution in [2.24, 2.45) is 0 Å². The number of carbonyl (C=O) groups is 2. The number of nitriles is 1. The van der Waals surface area contributed by atoms with Gasteiger partial charge < -0.3 is 10.1 Å². The monoisotopic (exact) mass is 381 g/mol. The van der Waals surface area contributed by atoms with Gasteiger partial charge in [-0.25, -0.2) is 4.79 Å². The molecule has 146 valence electrons. The number of nitrogens with one attached hydrogen (secondary N) is 1. The van der Waals surface area contributed by atoms with Crippen molar-refractivity contribution in [3.05, 3.63) is 47.8 Å². The molecule has 28 heavy (non-hydrogen) atoms. The summed E-state index contributed by atoms with van der Waals surface area (Å²) in [5.41, 5.74) is 0.610. The van der Waals surface area contributed by atoms with Crippen LogP contribution in [0.2, 0.25) is 0 Å². The molecule has 1 aromatic heterocycles. The lowest BCUT2D eigenvalue weighted by atomic mass is 9.96. The quantitative estimate of drug-likeness (QED) is 0.615. The van der Waals surface area contributed by atoms with Crippen LogP contribution in [-0.2, 0) is 16.1 Å². The Kier molecular flexibility index (Phi) is 6.43. The maximum atomic E-state index is 12.7. The molecule has 1 N–H and O–H groups in total. The van der Waals surface area contributed by atoms with Crippen LogP contribution in [0, 0.1) is 11.3 Å². The summed E-state index contributed by atoms with van der Waals surface area (Å²) in [6.07, 6.45) is 9.76. The summed E-state index contributed by atoms with van der Waals surface area (Å²) in [6.45, 7) is 2.03. The van der Waals surface area contributed by atoms with Crippen molar-refractivity contribution >= 4 is 17.6 Å². The summed E-state index contributed by atoms with van der Waals surface area (Å²) in [7, 11) is 0. The Morgan fingerprint density at radius 3 is 2.79 bits per heavy atom. The van der Waals surface area contributed by atoms with E-state index in [4.69, 9.17) is 4.74 Å². The van der Waals surface area contributed by atoms with E-state index in [-0.39, 0.29) is 35.9 Å². The third-order valence-corrected chi connectivity index (χ3v) is 4.99. The molecule has 0 saturated heterocycles. The molecule has 0 spiro atoms. The third kappa shape index (κ3) is 4.39. The molecule has 1 aromatic carbocycles. The molecule has 0 aliphatic heterocycles. The molecular weight excluding hydrogens is 356 g/mol. The highest BCUT2D eigenvalue weighted by molar-refractivity contribution is 6.02. The van der Waals surface area contributed by atoms with Gasteiger partial charge in [0.15, 0.2) is 6.20 Å². The number of anilines is 1. The number of hydrogen-bond donors (Lipinski definition) is 1. The molecule has 0 bridgehead atoms. The second-order valence-corrected chi connectivity index (χ2v) is 6.87. The van der Waals surface area contributed by atoms with Gasteiger partial charge in [0.1, 0.15) is 6.07 Å². The van der Waals surface area contributed by atoms with Crippen LogP contribution in [0.5, 0.6) is 0 Å². The molecule has 7 nitrogen and oxygen atoms in total. The summed E-state index contributed by atoms with van der Waals surface area (Å²) in [5, 5.41) is 12.1. The Balaban J connectivity index is 1.78. The van der Waals surface area contributed by atoms with Gasteiger partial charge in [-0.3, -0.25) is 4.79 Å². The summed E-state index contributed by atoms with van der Waals surface area (Å²) in [5.74, 6) is -0.859. The first-order valence-corrected chi connectivity index (χ1v) is 9.70. The van der Waals surface area contributed by atoms with Gasteiger partial charge in [-0.15, -0.1) is 4.68 Å². The molecule has 1 fully saturated rings. The van der Waals surface area contributed by atoms with Gasteiger partial charge in [-0.1, -0.05) is 25.3 Å². The number of esters is 1. The lowest BCUT2D eigenvalue weighted by Gasteiger charge is -2.20. The molecular formula is C21H25N4O3+. The van der Waals surface area contributed by atoms with Crippen LogP contribution in [0.15, 0.2) is 36.7 Å². The summed E-state index contributed by atoms with van der Waals surface area (Å²) in [6, 6.07) is 9.07. The van der Waals surface area contributed by atoms with Gasteiger partial charge in [0, 0.05) is 6.07 Å². The summed E-state index contributed by atoms with van der Waals surface area (Å²) < 4.78 is 9.04. The largest absolute Gasteiger partial charge is 0.462 e. The smallest absolute Gasteiger partial charge is 0.340 e. The van der Waals surface area contributed by atoms with E-state index in [1.165, 1.54) is 19.3 Å². The fourth-order valence-electron chi connectivity index (χ4n) is 3.69. The fraction of sp³-hybridized carbons (Fsp3) is 0.429. The minimum Gasteiger partial charge on any atom is -0.462 e. The molecule has 0 radical (unpaired) electrons. The van der Waals surface area contributed by atoms with Crippen molar-refractivity contribution in [2.75, 3.05) is 11.9 Å². The Bertz CT molecular complexity index is 891. The molecule has 1 heterocycles. The first kappa shape index (κ1) is 19.6. The fourth-order valence-corrected chi connectivity index (χ4v) is 3.69. The zero-order valence-electron chi connectivity index (χ0n) is 16.1. The van der Waals surface area contributed by atoms with Crippen LogP contribution < -0.4 is 10.00 Å². The van der Waals surface area contributed by atoms with E-state index >= 15 is 0 Å². The van der Waals surface area contributed by atoms with Crippen LogP contribution in [0.3, 0.4) is 0 Å². The van der Waals surface area contributed by atoms with E-state index in [1.54, 1.807) is 25.1 Å². The minimum atomic E-state index is -0.562. The molecule has 0 unspecified atom stereocenters. The molecule has 0 atom stereocenters. The number of carbonyl (C=O) groups excluding carboxylic acids is 2. The number of amides is 1. The highest BCUT2D eigenvalue weighted by Crippen LogP contribution is 2.26. The van der Waals surface area contributed by atoms with E-state index in [0.29, 0.717) is 6.04 Å². The van der Waals surface area contributed by atoms with Crippen molar-refractivity contribution in [1.29, 1.82) is 5.26 Å². The predicted octanol–water partition coefficient (Wildman–Crippen LogP) is 2.97. The number of aromatic nitrogens is 2. The van der Waals surface area contributed by atoms with Gasteiger partial charge in [0.2, 0.25) is 6.54 Å². The molecule has 3 rings (SSSR count). The van der Waals surface area contributed by atoms with Crippen LogP contribution >= 0.6 is 0 Å². The van der Waals surface area contributed by atoms with Crippen LogP contribution in [-0.4, -0.2) is 23.2 Å². The highest BCUT2D eigenvalue weighted by atomic mass is 16.5. The molecule has 2 aromatic rings. The van der Waals surface area contributed by atoms with Crippen LogP contribution in [0.25, 0.3) is 0 Å². The van der Waals surface area contributed by atoms with Crippen LogP contribution in [0.1, 0.15) is 61.0 Å². The zero-order valence-corrected chi connectivity index (χ0v) is 16.1. The Morgan fingerprint density at radius 2 is 2.07 bits per heavy atom. The van der Waals surface area contributed by atoms with E-state index in [2.05, 4.69) is 10.00 Å². The average Bonchev–Trinajstić information content (AvgIpc) is 3.17. The standard InChI is InChI=1S/C21H24N4O3/c1-2-28-21(27)18-11-6-8-16(14-22)20(18)23-19(26)15-24-12-7-13-25(24)17-9-4-3-5-10-17/h6-8,11-13,17H,2-5,9-10,15H2,1H3/p+1. The Hall–Kier alpha value is -3.14. The number of benzene rings is 1. The van der Waals surface area contributed by atoms with Crippen molar-refractivity contribution in [3.8, 4) is 6.07 Å². The number of hydrogen-bond acceptors (Lipinski definition) is 4. The molecule has 1 amide bonds. The summed E-state index contributed by atoms with van der Waals surface area (Å²) in [4.78, 5) is 24.9. The van der Waals surface area contributed by atoms with Crippen molar-refractivity contribution in [1.82, 2.24) is 4.68 Å². The average molecular weight is 381 g/mol.